The van der Waals surface area contributed by atoms with Crippen molar-refractivity contribution < 1.29 is 5.11 Å². The van der Waals surface area contributed by atoms with Crippen molar-refractivity contribution in [1.82, 2.24) is 9.88 Å². The fourth-order valence-corrected chi connectivity index (χ4v) is 3.22. The predicted octanol–water partition coefficient (Wildman–Crippen LogP) is 3.36. The maximum Gasteiger partial charge on any atom is 0.0471 e. The van der Waals surface area contributed by atoms with Crippen LogP contribution >= 0.6 is 0 Å². The molecule has 21 heavy (non-hydrogen) atoms. The van der Waals surface area contributed by atoms with E-state index in [1.165, 1.54) is 22.0 Å². The van der Waals surface area contributed by atoms with Crippen LogP contribution in [0.1, 0.15) is 38.8 Å². The second-order valence-electron chi connectivity index (χ2n) is 6.30. The molecule has 3 nitrogen and oxygen atoms in total. The average Bonchev–Trinajstić information content (AvgIpc) is 2.83. The van der Waals surface area contributed by atoms with Gasteiger partial charge in [0.25, 0.3) is 0 Å². The van der Waals surface area contributed by atoms with E-state index in [0.29, 0.717) is 12.1 Å². The highest BCUT2D eigenvalue weighted by atomic mass is 16.2. The van der Waals surface area contributed by atoms with E-state index in [1.54, 1.807) is 0 Å². The van der Waals surface area contributed by atoms with E-state index in [4.69, 9.17) is 0 Å². The first-order chi connectivity index (χ1) is 10.0. The molecular formula is C18H28N2O. The van der Waals surface area contributed by atoms with Crippen LogP contribution in [0.4, 0.5) is 0 Å². The third-order valence-corrected chi connectivity index (χ3v) is 4.22. The minimum Gasteiger partial charge on any atom is -0.396 e. The molecule has 0 aliphatic heterocycles. The molecule has 0 bridgehead atoms. The largest absolute Gasteiger partial charge is 0.396 e. The smallest absolute Gasteiger partial charge is 0.0471 e. The lowest BCUT2D eigenvalue weighted by atomic mass is 10.0. The molecule has 2 aromatic rings. The SMILES string of the molecule is CC(C)N(CCc1c[nH]c2cccc(CCO)c12)C(C)C. The summed E-state index contributed by atoms with van der Waals surface area (Å²) in [6.45, 7) is 10.3. The van der Waals surface area contributed by atoms with E-state index in [1.807, 2.05) is 0 Å². The van der Waals surface area contributed by atoms with Gasteiger partial charge in [-0.2, -0.15) is 0 Å². The van der Waals surface area contributed by atoms with Gasteiger partial charge in [-0.25, -0.2) is 0 Å². The van der Waals surface area contributed by atoms with E-state index in [-0.39, 0.29) is 6.61 Å². The van der Waals surface area contributed by atoms with Gasteiger partial charge in [0, 0.05) is 42.3 Å². The molecule has 0 atom stereocenters. The van der Waals surface area contributed by atoms with Crippen molar-refractivity contribution in [2.75, 3.05) is 13.2 Å². The lowest BCUT2D eigenvalue weighted by Crippen LogP contribution is -2.38. The molecule has 0 radical (unpaired) electrons. The molecule has 2 N–H and O–H groups in total. The number of aromatic amines is 1. The highest BCUT2D eigenvalue weighted by molar-refractivity contribution is 5.86. The molecular weight excluding hydrogens is 260 g/mol. The van der Waals surface area contributed by atoms with Crippen LogP contribution in [0.5, 0.6) is 0 Å². The van der Waals surface area contributed by atoms with Gasteiger partial charge in [-0.05, 0) is 57.7 Å². The minimum atomic E-state index is 0.202. The van der Waals surface area contributed by atoms with Gasteiger partial charge < -0.3 is 10.1 Å². The Labute approximate surface area is 128 Å². The summed E-state index contributed by atoms with van der Waals surface area (Å²) in [6, 6.07) is 7.42. The molecule has 3 heteroatoms. The summed E-state index contributed by atoms with van der Waals surface area (Å²) in [5.74, 6) is 0. The Morgan fingerprint density at radius 1 is 1.05 bits per heavy atom. The summed E-state index contributed by atoms with van der Waals surface area (Å²) < 4.78 is 0. The van der Waals surface area contributed by atoms with Gasteiger partial charge in [0.2, 0.25) is 0 Å². The number of benzene rings is 1. The summed E-state index contributed by atoms with van der Waals surface area (Å²) in [5, 5.41) is 10.6. The number of aromatic nitrogens is 1. The average molecular weight is 288 g/mol. The van der Waals surface area contributed by atoms with Crippen molar-refractivity contribution >= 4 is 10.9 Å². The molecule has 0 saturated heterocycles. The third kappa shape index (κ3) is 3.66. The topological polar surface area (TPSA) is 39.3 Å². The number of aliphatic hydroxyl groups excluding tert-OH is 1. The number of hydrogen-bond acceptors (Lipinski definition) is 2. The van der Waals surface area contributed by atoms with Crippen LogP contribution in [0, 0.1) is 0 Å². The Morgan fingerprint density at radius 2 is 1.76 bits per heavy atom. The van der Waals surface area contributed by atoms with Gasteiger partial charge in [0.05, 0.1) is 0 Å². The Balaban J connectivity index is 2.22. The maximum atomic E-state index is 9.25. The van der Waals surface area contributed by atoms with Gasteiger partial charge in [0.15, 0.2) is 0 Å². The molecule has 1 aromatic heterocycles. The van der Waals surface area contributed by atoms with Crippen LogP contribution in [0.2, 0.25) is 0 Å². The van der Waals surface area contributed by atoms with Crippen molar-refractivity contribution in [3.63, 3.8) is 0 Å². The highest BCUT2D eigenvalue weighted by Gasteiger charge is 2.15. The van der Waals surface area contributed by atoms with E-state index in [9.17, 15) is 5.11 Å². The lowest BCUT2D eigenvalue weighted by Gasteiger charge is -2.30. The molecule has 0 aliphatic rings. The number of aliphatic hydroxyl groups is 1. The number of fused-ring (bicyclic) bond motifs is 1. The molecule has 1 aromatic carbocycles. The van der Waals surface area contributed by atoms with E-state index in [0.717, 1.165) is 19.4 Å². The van der Waals surface area contributed by atoms with Crippen molar-refractivity contribution in [2.24, 2.45) is 0 Å². The van der Waals surface area contributed by atoms with Crippen LogP contribution in [-0.4, -0.2) is 40.2 Å². The van der Waals surface area contributed by atoms with Crippen LogP contribution < -0.4 is 0 Å². The highest BCUT2D eigenvalue weighted by Crippen LogP contribution is 2.24. The van der Waals surface area contributed by atoms with Crippen molar-refractivity contribution in [3.8, 4) is 0 Å². The van der Waals surface area contributed by atoms with Gasteiger partial charge in [-0.1, -0.05) is 12.1 Å². The Morgan fingerprint density at radius 3 is 2.38 bits per heavy atom. The summed E-state index contributed by atoms with van der Waals surface area (Å²) in [4.78, 5) is 5.89. The lowest BCUT2D eigenvalue weighted by molar-refractivity contribution is 0.177. The number of H-pyrrole nitrogens is 1. The minimum absolute atomic E-state index is 0.202. The Kier molecular flexibility index (Phi) is 5.43. The fraction of sp³-hybridized carbons (Fsp3) is 0.556. The zero-order valence-corrected chi connectivity index (χ0v) is 13.7. The van der Waals surface area contributed by atoms with E-state index >= 15 is 0 Å². The Hall–Kier alpha value is -1.32. The zero-order valence-electron chi connectivity index (χ0n) is 13.7. The first-order valence-corrected chi connectivity index (χ1v) is 7.99. The quantitative estimate of drug-likeness (QED) is 0.820. The standard InChI is InChI=1S/C18H28N2O/c1-13(2)20(14(3)4)10-8-16-12-19-17-7-5-6-15(9-11-21)18(16)17/h5-7,12-14,19,21H,8-11H2,1-4H3. The van der Waals surface area contributed by atoms with Gasteiger partial charge in [-0.15, -0.1) is 0 Å². The molecule has 0 amide bonds. The molecule has 0 aliphatic carbocycles. The maximum absolute atomic E-state index is 9.25. The van der Waals surface area contributed by atoms with Gasteiger partial charge in [-0.3, -0.25) is 4.90 Å². The Bertz CT molecular complexity index is 564. The predicted molar refractivity (Wildman–Crippen MR) is 89.8 cm³/mol. The number of nitrogens with one attached hydrogen (secondary N) is 1. The number of nitrogens with zero attached hydrogens (tertiary/aromatic N) is 1. The summed E-state index contributed by atoms with van der Waals surface area (Å²) in [6.07, 6.45) is 3.89. The zero-order chi connectivity index (χ0) is 15.4. The van der Waals surface area contributed by atoms with Gasteiger partial charge >= 0.3 is 0 Å². The van der Waals surface area contributed by atoms with Crippen molar-refractivity contribution in [2.45, 2.75) is 52.6 Å². The normalized spacial score (nSPS) is 12.2. The number of hydrogen-bond donors (Lipinski definition) is 2. The molecule has 0 spiro atoms. The fourth-order valence-electron chi connectivity index (χ4n) is 3.22. The van der Waals surface area contributed by atoms with Crippen LogP contribution in [0.3, 0.4) is 0 Å². The monoisotopic (exact) mass is 288 g/mol. The van der Waals surface area contributed by atoms with Crippen LogP contribution in [0.25, 0.3) is 10.9 Å². The molecule has 0 saturated carbocycles. The third-order valence-electron chi connectivity index (χ3n) is 4.22. The molecule has 1 heterocycles. The molecule has 2 rings (SSSR count). The van der Waals surface area contributed by atoms with Crippen LogP contribution in [0.15, 0.2) is 24.4 Å². The molecule has 116 valence electrons. The van der Waals surface area contributed by atoms with Gasteiger partial charge in [0.1, 0.15) is 0 Å². The second-order valence-corrected chi connectivity index (χ2v) is 6.30. The first kappa shape index (κ1) is 16.1. The summed E-state index contributed by atoms with van der Waals surface area (Å²) in [7, 11) is 0. The number of rotatable bonds is 7. The summed E-state index contributed by atoms with van der Waals surface area (Å²) in [5.41, 5.74) is 3.78. The van der Waals surface area contributed by atoms with Crippen molar-refractivity contribution in [1.29, 1.82) is 0 Å². The van der Waals surface area contributed by atoms with Crippen molar-refractivity contribution in [3.05, 3.63) is 35.5 Å². The second kappa shape index (κ2) is 7.10. The molecule has 0 fully saturated rings. The first-order valence-electron chi connectivity index (χ1n) is 7.99. The van der Waals surface area contributed by atoms with Crippen LogP contribution in [-0.2, 0) is 12.8 Å². The summed E-state index contributed by atoms with van der Waals surface area (Å²) >= 11 is 0. The van der Waals surface area contributed by atoms with E-state index in [2.05, 4.69) is 62.0 Å². The van der Waals surface area contributed by atoms with E-state index < -0.39 is 0 Å². The molecule has 0 unspecified atom stereocenters.